The summed E-state index contributed by atoms with van der Waals surface area (Å²) in [6, 6.07) is 15.8. The molecule has 1 aliphatic rings. The predicted molar refractivity (Wildman–Crippen MR) is 198 cm³/mol. The lowest BCUT2D eigenvalue weighted by Gasteiger charge is -2.31. The third-order valence-electron chi connectivity index (χ3n) is 9.00. The Kier molecular flexibility index (Phi) is 14.4. The smallest absolute Gasteiger partial charge is 0.368 e. The first-order chi connectivity index (χ1) is 25.5. The molecule has 1 heterocycles. The van der Waals surface area contributed by atoms with E-state index < -0.39 is 86.0 Å². The largest absolute Gasteiger partial charge is 0.469 e. The van der Waals surface area contributed by atoms with Crippen LogP contribution < -0.4 is 27.0 Å². The van der Waals surface area contributed by atoms with Crippen molar-refractivity contribution in [1.29, 1.82) is 0 Å². The van der Waals surface area contributed by atoms with Crippen LogP contribution in [0, 0.1) is 5.92 Å². The number of primary amides is 1. The molecule has 6 amide bonds. The minimum atomic E-state index is -5.12. The molecule has 1 saturated heterocycles. The van der Waals surface area contributed by atoms with E-state index in [2.05, 4.69) is 25.8 Å². The van der Waals surface area contributed by atoms with Crippen LogP contribution in [0.3, 0.4) is 0 Å². The zero-order chi connectivity index (χ0) is 39.6. The third-order valence-corrected chi connectivity index (χ3v) is 9.49. The number of rotatable bonds is 17. The highest BCUT2D eigenvalue weighted by Gasteiger charge is 2.41. The van der Waals surface area contributed by atoms with Crippen molar-refractivity contribution in [1.82, 2.24) is 26.2 Å². The van der Waals surface area contributed by atoms with Gasteiger partial charge < -0.3 is 41.7 Å². The predicted octanol–water partition coefficient (Wildman–Crippen LogP) is 0.826. The minimum Gasteiger partial charge on any atom is -0.368 e. The highest BCUT2D eigenvalue weighted by Crippen LogP contribution is 2.36. The normalized spacial score (nSPS) is 16.6. The van der Waals surface area contributed by atoms with Gasteiger partial charge in [-0.1, -0.05) is 86.6 Å². The number of phosphoric ester groups is 1. The number of likely N-dealkylation sites (tertiary alicyclic amines) is 1. The molecule has 1 aliphatic heterocycles. The number of nitrogens with one attached hydrogen (secondary N) is 4. The molecule has 16 nitrogen and oxygen atoms in total. The van der Waals surface area contributed by atoms with Crippen molar-refractivity contribution >= 4 is 54.0 Å². The number of carbonyl (C=O) groups excluding carboxylic acids is 6. The molecule has 0 spiro atoms. The molecule has 3 aromatic rings. The zero-order valence-corrected chi connectivity index (χ0v) is 31.2. The van der Waals surface area contributed by atoms with Gasteiger partial charge >= 0.3 is 7.82 Å². The molecule has 0 unspecified atom stereocenters. The Labute approximate surface area is 312 Å². The quantitative estimate of drug-likeness (QED) is 0.0954. The van der Waals surface area contributed by atoms with Gasteiger partial charge in [0.1, 0.15) is 30.2 Å². The Morgan fingerprint density at radius 3 is 2.07 bits per heavy atom. The molecule has 8 N–H and O–H groups in total. The Bertz CT molecular complexity index is 1890. The van der Waals surface area contributed by atoms with E-state index >= 15 is 0 Å². The van der Waals surface area contributed by atoms with Gasteiger partial charge in [0.25, 0.3) is 0 Å². The maximum Gasteiger partial charge on any atom is 0.469 e. The van der Waals surface area contributed by atoms with Gasteiger partial charge in [0.2, 0.25) is 35.4 Å². The highest BCUT2D eigenvalue weighted by molar-refractivity contribution is 7.46. The minimum absolute atomic E-state index is 0.0197. The molecule has 0 radical (unpaired) electrons. The van der Waals surface area contributed by atoms with Gasteiger partial charge in [0, 0.05) is 26.3 Å². The molecular weight excluding hydrogens is 719 g/mol. The number of phosphoric acid groups is 1. The number of amides is 6. The molecule has 5 atom stereocenters. The second-order valence-electron chi connectivity index (χ2n) is 13.6. The molecule has 17 heteroatoms. The van der Waals surface area contributed by atoms with Gasteiger partial charge in [-0.3, -0.25) is 33.3 Å². The van der Waals surface area contributed by atoms with Crippen molar-refractivity contribution in [3.63, 3.8) is 0 Å². The molecule has 3 aromatic carbocycles. The Morgan fingerprint density at radius 2 is 1.44 bits per heavy atom. The monoisotopic (exact) mass is 766 g/mol. The first kappa shape index (κ1) is 41.6. The van der Waals surface area contributed by atoms with Gasteiger partial charge in [-0.05, 0) is 40.7 Å². The lowest BCUT2D eigenvalue weighted by molar-refractivity contribution is -0.143. The van der Waals surface area contributed by atoms with Crippen molar-refractivity contribution < 1.29 is 47.6 Å². The standard InChI is InChI=1S/C37H47N6O10P/c1-22(2)32(36(48)40-28(33(38)45)19-24-10-5-4-6-11-24)42-35(47)31-14-9-17-43(31)37(49)30(21-53-54(50,51)52)41-34(46)29(39-23(3)44)20-25-15-16-26-12-7-8-13-27(26)18-25/h4-8,10-13,15-16,18,22,28-32H,9,14,17,19-21H2,1-3H3,(H2,38,45)(H,39,44)(H,40,48)(H,41,46)(H,42,47)(H2,50,51,52)/t28-,29-,30-,31-,32-/m0/s1. The number of carbonyl (C=O) groups is 6. The second-order valence-corrected chi connectivity index (χ2v) is 14.8. The Hall–Kier alpha value is -5.15. The first-order valence-corrected chi connectivity index (χ1v) is 19.0. The van der Waals surface area contributed by atoms with Crippen molar-refractivity contribution in [2.45, 2.75) is 76.7 Å². The van der Waals surface area contributed by atoms with Crippen molar-refractivity contribution in [2.75, 3.05) is 13.2 Å². The van der Waals surface area contributed by atoms with Gasteiger partial charge in [-0.25, -0.2) is 4.57 Å². The molecule has 290 valence electrons. The zero-order valence-electron chi connectivity index (χ0n) is 30.3. The lowest BCUT2D eigenvalue weighted by atomic mass is 10.0. The van der Waals surface area contributed by atoms with E-state index in [9.17, 15) is 43.1 Å². The van der Waals surface area contributed by atoms with Gasteiger partial charge in [0.05, 0.1) is 6.61 Å². The Morgan fingerprint density at radius 1 is 0.815 bits per heavy atom. The fraction of sp³-hybridized carbons (Fsp3) is 0.405. The summed E-state index contributed by atoms with van der Waals surface area (Å²) in [6.45, 7) is 3.69. The second kappa shape index (κ2) is 18.7. The van der Waals surface area contributed by atoms with Crippen LogP contribution in [0.15, 0.2) is 72.8 Å². The summed E-state index contributed by atoms with van der Waals surface area (Å²) < 4.78 is 16.3. The number of nitrogens with two attached hydrogens (primary N) is 1. The molecule has 0 aromatic heterocycles. The van der Waals surface area contributed by atoms with Crippen molar-refractivity contribution in [2.24, 2.45) is 11.7 Å². The van der Waals surface area contributed by atoms with Gasteiger partial charge in [-0.15, -0.1) is 0 Å². The summed E-state index contributed by atoms with van der Waals surface area (Å²) in [5.41, 5.74) is 7.03. The van der Waals surface area contributed by atoms with Gasteiger partial charge in [-0.2, -0.15) is 0 Å². The average molecular weight is 767 g/mol. The van der Waals surface area contributed by atoms with Crippen LogP contribution >= 0.6 is 7.82 Å². The number of hydrogen-bond donors (Lipinski definition) is 7. The maximum atomic E-state index is 14.0. The topological polar surface area (TPSA) is 247 Å². The van der Waals surface area contributed by atoms with Crippen LogP contribution in [-0.4, -0.2) is 93.5 Å². The van der Waals surface area contributed by atoms with E-state index in [4.69, 9.17) is 5.73 Å². The summed E-state index contributed by atoms with van der Waals surface area (Å²) in [4.78, 5) is 99.2. The molecule has 54 heavy (non-hydrogen) atoms. The van der Waals surface area contributed by atoms with Crippen LogP contribution in [0.2, 0.25) is 0 Å². The lowest BCUT2D eigenvalue weighted by Crippen LogP contribution is -2.60. The molecule has 0 saturated carbocycles. The number of fused-ring (bicyclic) bond motifs is 1. The van der Waals surface area contributed by atoms with E-state index in [1.807, 2.05) is 36.4 Å². The SMILES string of the molecule is CC(=O)N[C@@H](Cc1ccc2ccccc2c1)C(=O)N[C@@H](COP(=O)(O)O)C(=O)N1CCC[C@H]1C(=O)N[C@H](C(=O)N[C@@H](Cc1ccccc1)C(N)=O)C(C)C. The number of nitrogens with zero attached hydrogens (tertiary/aromatic N) is 1. The highest BCUT2D eigenvalue weighted by atomic mass is 31.2. The maximum absolute atomic E-state index is 14.0. The molecule has 0 aliphatic carbocycles. The van der Waals surface area contributed by atoms with Crippen LogP contribution in [0.25, 0.3) is 10.8 Å². The fourth-order valence-electron chi connectivity index (χ4n) is 6.30. The van der Waals surface area contributed by atoms with Crippen LogP contribution in [0.4, 0.5) is 0 Å². The molecule has 4 rings (SSSR count). The van der Waals surface area contributed by atoms with E-state index in [-0.39, 0.29) is 25.8 Å². The summed E-state index contributed by atoms with van der Waals surface area (Å²) in [7, 11) is -5.12. The number of benzene rings is 3. The summed E-state index contributed by atoms with van der Waals surface area (Å²) in [6.07, 6.45) is 0.685. The number of hydrogen-bond acceptors (Lipinski definition) is 8. The molecule has 0 bridgehead atoms. The third kappa shape index (κ3) is 11.9. The van der Waals surface area contributed by atoms with Crippen LogP contribution in [0.1, 0.15) is 44.7 Å². The van der Waals surface area contributed by atoms with Gasteiger partial charge in [0.15, 0.2) is 0 Å². The van der Waals surface area contributed by atoms with E-state index in [1.165, 1.54) is 6.92 Å². The van der Waals surface area contributed by atoms with E-state index in [1.54, 1.807) is 50.2 Å². The molecule has 1 fully saturated rings. The van der Waals surface area contributed by atoms with E-state index in [0.29, 0.717) is 12.0 Å². The fourth-order valence-corrected chi connectivity index (χ4v) is 6.64. The van der Waals surface area contributed by atoms with Crippen LogP contribution in [0.5, 0.6) is 0 Å². The Balaban J connectivity index is 1.50. The average Bonchev–Trinajstić information content (AvgIpc) is 3.61. The summed E-state index contributed by atoms with van der Waals surface area (Å²) in [5, 5.41) is 12.2. The first-order valence-electron chi connectivity index (χ1n) is 17.5. The van der Waals surface area contributed by atoms with Crippen molar-refractivity contribution in [3.8, 4) is 0 Å². The summed E-state index contributed by atoms with van der Waals surface area (Å²) in [5.74, 6) is -4.82. The summed E-state index contributed by atoms with van der Waals surface area (Å²) >= 11 is 0. The van der Waals surface area contributed by atoms with E-state index in [0.717, 1.165) is 21.2 Å². The molecular formula is C37H47N6O10P. The van der Waals surface area contributed by atoms with Crippen LogP contribution in [-0.2, 0) is 50.7 Å². The van der Waals surface area contributed by atoms with Crippen molar-refractivity contribution in [3.05, 3.63) is 83.9 Å².